The van der Waals surface area contributed by atoms with Crippen LogP contribution in [0.5, 0.6) is 0 Å². The lowest BCUT2D eigenvalue weighted by Gasteiger charge is -2.19. The minimum Gasteiger partial charge on any atom is -0.292 e. The molecule has 0 radical (unpaired) electrons. The van der Waals surface area contributed by atoms with E-state index in [4.69, 9.17) is 4.98 Å². The van der Waals surface area contributed by atoms with E-state index in [9.17, 15) is 0 Å². The summed E-state index contributed by atoms with van der Waals surface area (Å²) in [6, 6.07) is 57.2. The molecule has 0 spiro atoms. The summed E-state index contributed by atoms with van der Waals surface area (Å²) in [5, 5.41) is 7.60. The summed E-state index contributed by atoms with van der Waals surface area (Å²) in [7, 11) is 0. The molecule has 8 aromatic carbocycles. The lowest BCUT2D eigenvalue weighted by Crippen LogP contribution is -1.97. The van der Waals surface area contributed by atoms with Crippen molar-refractivity contribution in [2.24, 2.45) is 0 Å². The molecule has 0 saturated heterocycles. The smallest absolute Gasteiger partial charge is 0.145 e. The molecule has 2 nitrogen and oxygen atoms in total. The van der Waals surface area contributed by atoms with Gasteiger partial charge in [-0.25, -0.2) is 4.98 Å². The first-order valence-corrected chi connectivity index (χ1v) is 16.2. The Hall–Kier alpha value is -5.99. The van der Waals surface area contributed by atoms with Crippen LogP contribution in [0.2, 0.25) is 0 Å². The summed E-state index contributed by atoms with van der Waals surface area (Å²) >= 11 is 0. The maximum absolute atomic E-state index is 5.11. The molecule has 0 amide bonds. The maximum Gasteiger partial charge on any atom is 0.145 e. The fraction of sp³-hybridized carbons (Fsp3) is 0.0444. The van der Waals surface area contributed by atoms with E-state index in [1.165, 1.54) is 65.7 Å². The molecule has 9 rings (SSSR count). The van der Waals surface area contributed by atoms with Crippen molar-refractivity contribution in [3.05, 3.63) is 169 Å². The third-order valence-electron chi connectivity index (χ3n) is 9.47. The Bertz CT molecular complexity index is 2630. The summed E-state index contributed by atoms with van der Waals surface area (Å²) in [6.45, 7) is 4.38. The van der Waals surface area contributed by atoms with Crippen molar-refractivity contribution in [3.63, 3.8) is 0 Å². The van der Waals surface area contributed by atoms with Gasteiger partial charge in [0.2, 0.25) is 0 Å². The number of hydrogen-bond donors (Lipinski definition) is 0. The molecular formula is C45H32N2. The van der Waals surface area contributed by atoms with Crippen LogP contribution < -0.4 is 0 Å². The van der Waals surface area contributed by atoms with E-state index in [1.807, 2.05) is 0 Å². The van der Waals surface area contributed by atoms with Gasteiger partial charge in [0, 0.05) is 11.3 Å². The van der Waals surface area contributed by atoms with Gasteiger partial charge in [0.1, 0.15) is 5.82 Å². The number of para-hydroxylation sites is 3. The zero-order valence-corrected chi connectivity index (χ0v) is 26.4. The zero-order chi connectivity index (χ0) is 31.5. The summed E-state index contributed by atoms with van der Waals surface area (Å²) in [6.07, 6.45) is 0. The molecule has 222 valence electrons. The van der Waals surface area contributed by atoms with E-state index in [2.05, 4.69) is 176 Å². The molecule has 0 saturated carbocycles. The molecule has 0 aliphatic rings. The van der Waals surface area contributed by atoms with Gasteiger partial charge >= 0.3 is 0 Å². The molecular weight excluding hydrogens is 569 g/mol. The highest BCUT2D eigenvalue weighted by atomic mass is 15.1. The molecule has 0 fully saturated rings. The SMILES string of the molecule is Cc1ccc2c(-c3ccc4ccccc4c3)c3cc(C)ccc3c(-c3ccc(-c4nc5ccccc5n4-c4ccccc4)cc3)c2c1. The van der Waals surface area contributed by atoms with Gasteiger partial charge < -0.3 is 0 Å². The summed E-state index contributed by atoms with van der Waals surface area (Å²) < 4.78 is 2.26. The van der Waals surface area contributed by atoms with Crippen LogP contribution in [0.4, 0.5) is 0 Å². The number of benzene rings is 8. The number of rotatable bonds is 4. The summed E-state index contributed by atoms with van der Waals surface area (Å²) in [5.41, 5.74) is 11.8. The van der Waals surface area contributed by atoms with E-state index in [0.29, 0.717) is 0 Å². The second-order valence-corrected chi connectivity index (χ2v) is 12.6. The Morgan fingerprint density at radius 1 is 0.426 bits per heavy atom. The van der Waals surface area contributed by atoms with Crippen molar-refractivity contribution >= 4 is 43.4 Å². The fourth-order valence-electron chi connectivity index (χ4n) is 7.27. The van der Waals surface area contributed by atoms with Gasteiger partial charge in [0.05, 0.1) is 11.0 Å². The Labute approximate surface area is 274 Å². The maximum atomic E-state index is 5.11. The average Bonchev–Trinajstić information content (AvgIpc) is 3.51. The van der Waals surface area contributed by atoms with Gasteiger partial charge in [0.15, 0.2) is 0 Å². The molecule has 9 aromatic rings. The standard InChI is InChI=1S/C45H32N2/c1-29-17-25-38-39(26-29)43(37-24-16-30(2)27-40(37)44(38)35-23-18-31-10-6-7-11-34(31)28-35)32-19-21-33(22-20-32)45-46-41-14-8-9-15-42(41)47(45)36-12-4-3-5-13-36/h3-28H,1-2H3. The minimum atomic E-state index is 0.941. The normalized spacial score (nSPS) is 11.6. The van der Waals surface area contributed by atoms with Crippen molar-refractivity contribution < 1.29 is 0 Å². The molecule has 0 N–H and O–H groups in total. The van der Waals surface area contributed by atoms with Crippen molar-refractivity contribution in [1.82, 2.24) is 9.55 Å². The zero-order valence-electron chi connectivity index (χ0n) is 26.4. The van der Waals surface area contributed by atoms with Gasteiger partial charge in [-0.05, 0) is 98.8 Å². The highest BCUT2D eigenvalue weighted by molar-refractivity contribution is 6.22. The van der Waals surface area contributed by atoms with E-state index in [1.54, 1.807) is 0 Å². The van der Waals surface area contributed by atoms with Crippen LogP contribution in [0.25, 0.3) is 82.7 Å². The summed E-state index contributed by atoms with van der Waals surface area (Å²) in [5.74, 6) is 0.941. The van der Waals surface area contributed by atoms with Gasteiger partial charge in [-0.1, -0.05) is 139 Å². The molecule has 0 aliphatic heterocycles. The quantitative estimate of drug-likeness (QED) is 0.184. The van der Waals surface area contributed by atoms with Crippen molar-refractivity contribution in [3.8, 4) is 39.3 Å². The monoisotopic (exact) mass is 600 g/mol. The molecule has 0 atom stereocenters. The molecule has 2 heteroatoms. The van der Waals surface area contributed by atoms with E-state index < -0.39 is 0 Å². The first kappa shape index (κ1) is 27.3. The van der Waals surface area contributed by atoms with Crippen molar-refractivity contribution in [2.45, 2.75) is 13.8 Å². The molecule has 0 aliphatic carbocycles. The highest BCUT2D eigenvalue weighted by Crippen LogP contribution is 2.45. The second-order valence-electron chi connectivity index (χ2n) is 12.6. The van der Waals surface area contributed by atoms with Crippen molar-refractivity contribution in [2.75, 3.05) is 0 Å². The van der Waals surface area contributed by atoms with Gasteiger partial charge in [0.25, 0.3) is 0 Å². The molecule has 47 heavy (non-hydrogen) atoms. The van der Waals surface area contributed by atoms with Crippen LogP contribution in [0.3, 0.4) is 0 Å². The Balaban J connectivity index is 1.28. The molecule has 0 bridgehead atoms. The number of fused-ring (bicyclic) bond motifs is 4. The topological polar surface area (TPSA) is 17.8 Å². The van der Waals surface area contributed by atoms with Gasteiger partial charge in [-0.2, -0.15) is 0 Å². The Morgan fingerprint density at radius 2 is 1.00 bits per heavy atom. The predicted molar refractivity (Wildman–Crippen MR) is 199 cm³/mol. The lowest BCUT2D eigenvalue weighted by molar-refractivity contribution is 1.10. The van der Waals surface area contributed by atoms with Crippen LogP contribution in [0.15, 0.2) is 158 Å². The Morgan fingerprint density at radius 3 is 1.72 bits per heavy atom. The number of imidazole rings is 1. The van der Waals surface area contributed by atoms with E-state index >= 15 is 0 Å². The van der Waals surface area contributed by atoms with E-state index in [-0.39, 0.29) is 0 Å². The third kappa shape index (κ3) is 4.53. The highest BCUT2D eigenvalue weighted by Gasteiger charge is 2.19. The largest absolute Gasteiger partial charge is 0.292 e. The third-order valence-corrected chi connectivity index (χ3v) is 9.47. The number of nitrogens with zero attached hydrogens (tertiary/aromatic N) is 2. The molecule has 1 aromatic heterocycles. The molecule has 1 heterocycles. The first-order valence-electron chi connectivity index (χ1n) is 16.2. The number of hydrogen-bond acceptors (Lipinski definition) is 1. The first-order chi connectivity index (χ1) is 23.1. The van der Waals surface area contributed by atoms with Crippen molar-refractivity contribution in [1.29, 1.82) is 0 Å². The number of aryl methyl sites for hydroxylation is 2. The second kappa shape index (κ2) is 10.8. The van der Waals surface area contributed by atoms with Crippen LogP contribution in [0.1, 0.15) is 11.1 Å². The number of aromatic nitrogens is 2. The van der Waals surface area contributed by atoms with Gasteiger partial charge in [-0.3, -0.25) is 4.57 Å². The van der Waals surface area contributed by atoms with Crippen LogP contribution in [0, 0.1) is 13.8 Å². The molecule has 0 unspecified atom stereocenters. The lowest BCUT2D eigenvalue weighted by atomic mass is 9.84. The predicted octanol–water partition coefficient (Wildman–Crippen LogP) is 12.1. The minimum absolute atomic E-state index is 0.941. The van der Waals surface area contributed by atoms with Gasteiger partial charge in [-0.15, -0.1) is 0 Å². The fourth-order valence-corrected chi connectivity index (χ4v) is 7.27. The van der Waals surface area contributed by atoms with Crippen LogP contribution >= 0.6 is 0 Å². The summed E-state index contributed by atoms with van der Waals surface area (Å²) in [4.78, 5) is 5.11. The van der Waals surface area contributed by atoms with Crippen LogP contribution in [-0.2, 0) is 0 Å². The average molecular weight is 601 g/mol. The van der Waals surface area contributed by atoms with E-state index in [0.717, 1.165) is 28.1 Å². The van der Waals surface area contributed by atoms with Crippen LogP contribution in [-0.4, -0.2) is 9.55 Å². The Kier molecular flexibility index (Phi) is 6.29.